The van der Waals surface area contributed by atoms with E-state index in [-0.39, 0.29) is 11.9 Å². The molecule has 0 aliphatic carbocycles. The molecule has 2 rings (SSSR count). The van der Waals surface area contributed by atoms with Crippen LogP contribution in [0.2, 0.25) is 0 Å². The summed E-state index contributed by atoms with van der Waals surface area (Å²) in [6.45, 7) is 6.56. The van der Waals surface area contributed by atoms with Crippen molar-refractivity contribution < 1.29 is 14.1 Å². The van der Waals surface area contributed by atoms with Gasteiger partial charge < -0.3 is 9.26 Å². The van der Waals surface area contributed by atoms with Crippen molar-refractivity contribution in [3.05, 3.63) is 11.7 Å². The molecule has 1 aromatic heterocycles. The first kappa shape index (κ1) is 14.0. The van der Waals surface area contributed by atoms with Gasteiger partial charge in [0, 0.05) is 13.0 Å². The molecule has 0 amide bonds. The predicted octanol–water partition coefficient (Wildman–Crippen LogP) is 1.41. The smallest absolute Gasteiger partial charge is 0.310 e. The molecular weight excluding hydrogens is 246 g/mol. The number of rotatable bonds is 5. The summed E-state index contributed by atoms with van der Waals surface area (Å²) in [5.41, 5.74) is 0. The van der Waals surface area contributed by atoms with Gasteiger partial charge in [-0.15, -0.1) is 0 Å². The Morgan fingerprint density at radius 2 is 2.37 bits per heavy atom. The average molecular weight is 267 g/mol. The van der Waals surface area contributed by atoms with Gasteiger partial charge in [-0.2, -0.15) is 4.98 Å². The number of aryl methyl sites for hydroxylation is 1. The molecule has 6 heteroatoms. The van der Waals surface area contributed by atoms with Crippen LogP contribution in [0.1, 0.15) is 38.4 Å². The molecule has 6 nitrogen and oxygen atoms in total. The Hall–Kier alpha value is -1.43. The summed E-state index contributed by atoms with van der Waals surface area (Å²) in [6.07, 6.45) is 2.67. The quantitative estimate of drug-likeness (QED) is 0.751. The van der Waals surface area contributed by atoms with Crippen LogP contribution < -0.4 is 0 Å². The van der Waals surface area contributed by atoms with E-state index in [9.17, 15) is 4.79 Å². The Balaban J connectivity index is 1.88. The number of esters is 1. The van der Waals surface area contributed by atoms with Crippen LogP contribution in [0, 0.1) is 5.92 Å². The van der Waals surface area contributed by atoms with E-state index in [2.05, 4.69) is 15.0 Å². The second-order valence-corrected chi connectivity index (χ2v) is 4.78. The van der Waals surface area contributed by atoms with Gasteiger partial charge in [-0.3, -0.25) is 9.69 Å². The van der Waals surface area contributed by atoms with Crippen molar-refractivity contribution in [3.63, 3.8) is 0 Å². The van der Waals surface area contributed by atoms with E-state index in [0.29, 0.717) is 25.6 Å². The largest absolute Gasteiger partial charge is 0.466 e. The van der Waals surface area contributed by atoms with E-state index >= 15 is 0 Å². The highest BCUT2D eigenvalue weighted by atomic mass is 16.5. The summed E-state index contributed by atoms with van der Waals surface area (Å²) in [4.78, 5) is 18.2. The zero-order valence-electron chi connectivity index (χ0n) is 11.6. The third-order valence-electron chi connectivity index (χ3n) is 3.31. The standard InChI is InChI=1S/C13H21N3O3/c1-3-11-14-12(19-15-11)9-16-7-5-6-10(8-16)13(17)18-4-2/h10H,3-9H2,1-2H3. The normalized spacial score (nSPS) is 20.4. The second kappa shape index (κ2) is 6.65. The summed E-state index contributed by atoms with van der Waals surface area (Å²) in [7, 11) is 0. The molecular formula is C13H21N3O3. The van der Waals surface area contributed by atoms with Crippen molar-refractivity contribution in [2.45, 2.75) is 39.7 Å². The van der Waals surface area contributed by atoms with Crippen LogP contribution in [0.5, 0.6) is 0 Å². The third kappa shape index (κ3) is 3.76. The molecule has 0 saturated carbocycles. The Bertz CT molecular complexity index is 419. The molecule has 19 heavy (non-hydrogen) atoms. The number of aromatic nitrogens is 2. The minimum Gasteiger partial charge on any atom is -0.466 e. The maximum Gasteiger partial charge on any atom is 0.310 e. The predicted molar refractivity (Wildman–Crippen MR) is 68.3 cm³/mol. The molecule has 106 valence electrons. The van der Waals surface area contributed by atoms with E-state index in [0.717, 1.165) is 31.6 Å². The summed E-state index contributed by atoms with van der Waals surface area (Å²) >= 11 is 0. The van der Waals surface area contributed by atoms with E-state index in [4.69, 9.17) is 9.26 Å². The Labute approximate surface area is 113 Å². The lowest BCUT2D eigenvalue weighted by atomic mass is 9.98. The zero-order valence-corrected chi connectivity index (χ0v) is 11.6. The Morgan fingerprint density at radius 3 is 3.05 bits per heavy atom. The molecule has 1 saturated heterocycles. The van der Waals surface area contributed by atoms with Crippen LogP contribution >= 0.6 is 0 Å². The first-order valence-electron chi connectivity index (χ1n) is 6.93. The number of hydrogen-bond acceptors (Lipinski definition) is 6. The number of hydrogen-bond donors (Lipinski definition) is 0. The van der Waals surface area contributed by atoms with Crippen LogP contribution in [-0.2, 0) is 22.5 Å². The van der Waals surface area contributed by atoms with Crippen LogP contribution in [0.25, 0.3) is 0 Å². The van der Waals surface area contributed by atoms with E-state index < -0.39 is 0 Å². The molecule has 1 aliphatic heterocycles. The minimum atomic E-state index is -0.0908. The highest BCUT2D eigenvalue weighted by Gasteiger charge is 2.27. The third-order valence-corrected chi connectivity index (χ3v) is 3.31. The van der Waals surface area contributed by atoms with Gasteiger partial charge in [-0.25, -0.2) is 0 Å². The molecule has 0 radical (unpaired) electrons. The molecule has 1 fully saturated rings. The summed E-state index contributed by atoms with van der Waals surface area (Å²) in [5, 5.41) is 3.88. The molecule has 1 unspecified atom stereocenters. The summed E-state index contributed by atoms with van der Waals surface area (Å²) < 4.78 is 10.3. The van der Waals surface area contributed by atoms with Gasteiger partial charge in [0.25, 0.3) is 0 Å². The van der Waals surface area contributed by atoms with Gasteiger partial charge in [-0.05, 0) is 26.3 Å². The Morgan fingerprint density at radius 1 is 1.53 bits per heavy atom. The van der Waals surface area contributed by atoms with Gasteiger partial charge in [0.1, 0.15) is 0 Å². The first-order chi connectivity index (χ1) is 9.22. The maximum absolute atomic E-state index is 11.7. The zero-order chi connectivity index (χ0) is 13.7. The number of ether oxygens (including phenoxy) is 1. The van der Waals surface area contributed by atoms with Crippen molar-refractivity contribution in [2.24, 2.45) is 5.92 Å². The van der Waals surface area contributed by atoms with E-state index in [1.165, 1.54) is 0 Å². The molecule has 0 N–H and O–H groups in total. The number of piperidine rings is 1. The van der Waals surface area contributed by atoms with Crippen LogP contribution in [0.4, 0.5) is 0 Å². The molecule has 0 spiro atoms. The SMILES string of the molecule is CCOC(=O)C1CCCN(Cc2nc(CC)no2)C1. The van der Waals surface area contributed by atoms with Crippen molar-refractivity contribution in [3.8, 4) is 0 Å². The fourth-order valence-electron chi connectivity index (χ4n) is 2.34. The number of carbonyl (C=O) groups excluding carboxylic acids is 1. The van der Waals surface area contributed by atoms with Gasteiger partial charge in [0.05, 0.1) is 19.1 Å². The first-order valence-corrected chi connectivity index (χ1v) is 6.93. The van der Waals surface area contributed by atoms with Gasteiger partial charge >= 0.3 is 5.97 Å². The lowest BCUT2D eigenvalue weighted by Gasteiger charge is -2.30. The van der Waals surface area contributed by atoms with E-state index in [1.807, 2.05) is 13.8 Å². The lowest BCUT2D eigenvalue weighted by Crippen LogP contribution is -2.39. The van der Waals surface area contributed by atoms with Crippen LogP contribution in [0.3, 0.4) is 0 Å². The summed E-state index contributed by atoms with van der Waals surface area (Å²) in [5.74, 6) is 1.24. The highest BCUT2D eigenvalue weighted by molar-refractivity contribution is 5.72. The molecule has 0 aromatic carbocycles. The number of carbonyl (C=O) groups is 1. The van der Waals surface area contributed by atoms with Crippen molar-refractivity contribution in [2.75, 3.05) is 19.7 Å². The monoisotopic (exact) mass is 267 g/mol. The molecule has 2 heterocycles. The van der Waals surface area contributed by atoms with Crippen molar-refractivity contribution >= 4 is 5.97 Å². The maximum atomic E-state index is 11.7. The van der Waals surface area contributed by atoms with Crippen molar-refractivity contribution in [1.29, 1.82) is 0 Å². The molecule has 0 bridgehead atoms. The molecule has 1 aromatic rings. The Kier molecular flexibility index (Phi) is 4.90. The van der Waals surface area contributed by atoms with Crippen LogP contribution in [0.15, 0.2) is 4.52 Å². The van der Waals surface area contributed by atoms with Crippen molar-refractivity contribution in [1.82, 2.24) is 15.0 Å². The van der Waals surface area contributed by atoms with Crippen LogP contribution in [-0.4, -0.2) is 40.7 Å². The fraction of sp³-hybridized carbons (Fsp3) is 0.769. The minimum absolute atomic E-state index is 0.0257. The van der Waals surface area contributed by atoms with Gasteiger partial charge in [-0.1, -0.05) is 12.1 Å². The topological polar surface area (TPSA) is 68.5 Å². The fourth-order valence-corrected chi connectivity index (χ4v) is 2.34. The summed E-state index contributed by atoms with van der Waals surface area (Å²) in [6, 6.07) is 0. The molecule has 1 aliphatic rings. The van der Waals surface area contributed by atoms with Gasteiger partial charge in [0.2, 0.25) is 5.89 Å². The molecule has 1 atom stereocenters. The highest BCUT2D eigenvalue weighted by Crippen LogP contribution is 2.19. The second-order valence-electron chi connectivity index (χ2n) is 4.78. The van der Waals surface area contributed by atoms with E-state index in [1.54, 1.807) is 0 Å². The number of nitrogens with zero attached hydrogens (tertiary/aromatic N) is 3. The number of likely N-dealkylation sites (tertiary alicyclic amines) is 1. The lowest BCUT2D eigenvalue weighted by molar-refractivity contribution is -0.150. The van der Waals surface area contributed by atoms with Gasteiger partial charge in [0.15, 0.2) is 5.82 Å². The average Bonchev–Trinajstić information content (AvgIpc) is 2.87.